The molecule has 1 heterocycles. The van der Waals surface area contributed by atoms with Crippen molar-refractivity contribution in [2.24, 2.45) is 0 Å². The summed E-state index contributed by atoms with van der Waals surface area (Å²) >= 11 is 0. The molecular formula is C22H17NO5S. The van der Waals surface area contributed by atoms with Gasteiger partial charge in [-0.1, -0.05) is 48.5 Å². The van der Waals surface area contributed by atoms with Gasteiger partial charge >= 0.3 is 5.97 Å². The molecule has 0 radical (unpaired) electrons. The first-order valence-electron chi connectivity index (χ1n) is 8.58. The molecule has 3 aromatic carbocycles. The van der Waals surface area contributed by atoms with Gasteiger partial charge in [-0.3, -0.25) is 9.54 Å². The molecule has 0 saturated carbocycles. The van der Waals surface area contributed by atoms with Crippen molar-refractivity contribution in [1.29, 1.82) is 0 Å². The van der Waals surface area contributed by atoms with Gasteiger partial charge in [-0.05, 0) is 36.4 Å². The van der Waals surface area contributed by atoms with Crippen LogP contribution in [0.3, 0.4) is 0 Å². The van der Waals surface area contributed by atoms with Crippen molar-refractivity contribution in [2.45, 2.75) is 4.90 Å². The maximum absolute atomic E-state index is 12.1. The lowest BCUT2D eigenvalue weighted by atomic mass is 10.1. The van der Waals surface area contributed by atoms with Gasteiger partial charge in [0, 0.05) is 23.2 Å². The molecule has 4 rings (SSSR count). The van der Waals surface area contributed by atoms with Gasteiger partial charge in [-0.2, -0.15) is 8.42 Å². The number of hydrogen-bond donors (Lipinski definition) is 1. The number of carbonyl (C=O) groups excluding carboxylic acids is 1. The fraction of sp³-hybridized carbons (Fsp3) is 0. The number of fused-ring (bicyclic) bond motifs is 1. The highest BCUT2D eigenvalue weighted by Gasteiger charge is 2.17. The average Bonchev–Trinajstić information content (AvgIpc) is 2.75. The Morgan fingerprint density at radius 3 is 1.90 bits per heavy atom. The number of hydrogen-bond acceptors (Lipinski definition) is 5. The smallest absolute Gasteiger partial charge is 0.343 e. The topological polar surface area (TPSA) is 93.6 Å². The molecule has 0 spiro atoms. The Bertz CT molecular complexity index is 1180. The van der Waals surface area contributed by atoms with Crippen LogP contribution >= 0.6 is 0 Å². The molecule has 1 aromatic heterocycles. The molecule has 0 unspecified atom stereocenters. The molecule has 0 amide bonds. The number of esters is 1. The van der Waals surface area contributed by atoms with Crippen LogP contribution in [0.5, 0.6) is 5.75 Å². The standard InChI is InChI=1S/C17H12O5S.C5H5N/c18-17(12-6-2-1-3-7-12)22-15-10-11-16(23(19,20)21)14-9-5-4-8-13(14)15;1-2-4-6-5-3-1/h1-11H,(H,19,20,21);1-5H. The number of rotatable bonds is 3. The maximum atomic E-state index is 12.1. The average molecular weight is 407 g/mol. The fourth-order valence-electron chi connectivity index (χ4n) is 2.60. The minimum atomic E-state index is -4.37. The zero-order valence-electron chi connectivity index (χ0n) is 15.2. The molecule has 4 aromatic rings. The first-order chi connectivity index (χ1) is 14.0. The second-order valence-electron chi connectivity index (χ2n) is 5.86. The van der Waals surface area contributed by atoms with Gasteiger partial charge in [0.05, 0.1) is 5.56 Å². The molecule has 6 nitrogen and oxygen atoms in total. The van der Waals surface area contributed by atoms with Crippen molar-refractivity contribution < 1.29 is 22.5 Å². The van der Waals surface area contributed by atoms with Gasteiger partial charge < -0.3 is 4.74 Å². The Hall–Kier alpha value is -3.55. The summed E-state index contributed by atoms with van der Waals surface area (Å²) in [5.41, 5.74) is 0.385. The van der Waals surface area contributed by atoms with E-state index in [4.69, 9.17) is 4.74 Å². The van der Waals surface area contributed by atoms with Crippen molar-refractivity contribution in [2.75, 3.05) is 0 Å². The lowest BCUT2D eigenvalue weighted by Crippen LogP contribution is -2.09. The summed E-state index contributed by atoms with van der Waals surface area (Å²) < 4.78 is 37.6. The van der Waals surface area contributed by atoms with Crippen molar-refractivity contribution >= 4 is 26.9 Å². The Balaban J connectivity index is 0.000000343. The van der Waals surface area contributed by atoms with Crippen LogP contribution in [-0.4, -0.2) is 23.9 Å². The summed E-state index contributed by atoms with van der Waals surface area (Å²) in [6, 6.07) is 23.2. The number of nitrogens with zero attached hydrogens (tertiary/aromatic N) is 1. The highest BCUT2D eigenvalue weighted by atomic mass is 32.2. The van der Waals surface area contributed by atoms with Crippen LogP contribution in [0.1, 0.15) is 10.4 Å². The van der Waals surface area contributed by atoms with E-state index in [1.165, 1.54) is 18.2 Å². The summed E-state index contributed by atoms with van der Waals surface area (Å²) in [5.74, 6) is -0.322. The molecule has 146 valence electrons. The van der Waals surface area contributed by atoms with E-state index >= 15 is 0 Å². The summed E-state index contributed by atoms with van der Waals surface area (Å²) in [7, 11) is -4.37. The monoisotopic (exact) mass is 407 g/mol. The molecule has 1 N–H and O–H groups in total. The normalized spacial score (nSPS) is 10.7. The molecule has 0 aliphatic heterocycles. The van der Waals surface area contributed by atoms with Crippen LogP contribution in [0.2, 0.25) is 0 Å². The molecule has 0 fully saturated rings. The first-order valence-corrected chi connectivity index (χ1v) is 10.0. The zero-order valence-corrected chi connectivity index (χ0v) is 16.0. The number of benzene rings is 3. The predicted octanol–water partition coefficient (Wildman–Crippen LogP) is 4.39. The van der Waals surface area contributed by atoms with E-state index < -0.39 is 16.1 Å². The van der Waals surface area contributed by atoms with Gasteiger partial charge in [0.1, 0.15) is 10.6 Å². The molecule has 29 heavy (non-hydrogen) atoms. The van der Waals surface area contributed by atoms with Gasteiger partial charge in [0.25, 0.3) is 10.1 Å². The summed E-state index contributed by atoms with van der Waals surface area (Å²) in [5, 5.41) is 0.709. The highest BCUT2D eigenvalue weighted by Crippen LogP contribution is 2.31. The predicted molar refractivity (Wildman–Crippen MR) is 109 cm³/mol. The summed E-state index contributed by atoms with van der Waals surface area (Å²) in [6.07, 6.45) is 3.50. The van der Waals surface area contributed by atoms with Crippen molar-refractivity contribution in [1.82, 2.24) is 4.98 Å². The number of carbonyl (C=O) groups is 1. The molecule has 0 aliphatic rings. The van der Waals surface area contributed by atoms with Gasteiger partial charge in [0.15, 0.2) is 0 Å². The second kappa shape index (κ2) is 9.09. The van der Waals surface area contributed by atoms with Gasteiger partial charge in [0.2, 0.25) is 0 Å². The maximum Gasteiger partial charge on any atom is 0.343 e. The van der Waals surface area contributed by atoms with Crippen LogP contribution in [0.15, 0.2) is 102 Å². The SMILES string of the molecule is O=C(Oc1ccc(S(=O)(=O)O)c2ccccc12)c1ccccc1.c1ccncc1. The number of aromatic nitrogens is 1. The summed E-state index contributed by atoms with van der Waals surface area (Å²) in [6.45, 7) is 0. The quantitative estimate of drug-likeness (QED) is 0.308. The molecular weight excluding hydrogens is 390 g/mol. The Labute approximate surface area is 168 Å². The Kier molecular flexibility index (Phi) is 6.33. The van der Waals surface area contributed by atoms with Crippen LogP contribution in [0.25, 0.3) is 10.8 Å². The van der Waals surface area contributed by atoms with Crippen LogP contribution in [0.4, 0.5) is 0 Å². The third kappa shape index (κ3) is 5.25. The van der Waals surface area contributed by atoms with E-state index in [0.717, 1.165) is 0 Å². The van der Waals surface area contributed by atoms with Crippen molar-refractivity contribution in [3.8, 4) is 5.75 Å². The molecule has 0 bridgehead atoms. The van der Waals surface area contributed by atoms with E-state index in [2.05, 4.69) is 4.98 Å². The van der Waals surface area contributed by atoms with Crippen LogP contribution < -0.4 is 4.74 Å². The Morgan fingerprint density at radius 2 is 1.34 bits per heavy atom. The highest BCUT2D eigenvalue weighted by molar-refractivity contribution is 7.86. The van der Waals surface area contributed by atoms with Crippen molar-refractivity contribution in [3.63, 3.8) is 0 Å². The minimum absolute atomic E-state index is 0.224. The number of pyridine rings is 1. The van der Waals surface area contributed by atoms with Crippen molar-refractivity contribution in [3.05, 3.63) is 103 Å². The molecule has 0 saturated heterocycles. The van der Waals surface area contributed by atoms with E-state index in [-0.39, 0.29) is 16.0 Å². The third-order valence-corrected chi connectivity index (χ3v) is 4.81. The number of ether oxygens (including phenoxy) is 1. The zero-order chi connectivity index (χ0) is 20.7. The lowest BCUT2D eigenvalue weighted by Gasteiger charge is -2.10. The molecule has 7 heteroatoms. The molecule has 0 atom stereocenters. The lowest BCUT2D eigenvalue weighted by molar-refractivity contribution is 0.0737. The van der Waals surface area contributed by atoms with E-state index in [9.17, 15) is 17.8 Å². The minimum Gasteiger partial charge on any atom is -0.422 e. The van der Waals surface area contributed by atoms with E-state index in [1.807, 2.05) is 18.2 Å². The Morgan fingerprint density at radius 1 is 0.759 bits per heavy atom. The van der Waals surface area contributed by atoms with Crippen LogP contribution in [-0.2, 0) is 10.1 Å². The summed E-state index contributed by atoms with van der Waals surface area (Å²) in [4.78, 5) is 15.7. The third-order valence-electron chi connectivity index (χ3n) is 3.90. The van der Waals surface area contributed by atoms with Gasteiger partial charge in [-0.15, -0.1) is 0 Å². The fourth-order valence-corrected chi connectivity index (χ4v) is 3.30. The second-order valence-corrected chi connectivity index (χ2v) is 7.25. The van der Waals surface area contributed by atoms with Crippen LogP contribution in [0, 0.1) is 0 Å². The largest absolute Gasteiger partial charge is 0.422 e. The van der Waals surface area contributed by atoms with E-state index in [0.29, 0.717) is 10.9 Å². The molecule has 0 aliphatic carbocycles. The van der Waals surface area contributed by atoms with E-state index in [1.54, 1.807) is 60.9 Å². The van der Waals surface area contributed by atoms with Gasteiger partial charge in [-0.25, -0.2) is 4.79 Å². The first kappa shape index (κ1) is 20.2.